The molecule has 0 spiro atoms. The quantitative estimate of drug-likeness (QED) is 0.278. The van der Waals surface area contributed by atoms with Crippen LogP contribution in [0, 0.1) is 0 Å². The third kappa shape index (κ3) is 10.5. The largest absolute Gasteiger partial charge is 0.377 e. The van der Waals surface area contributed by atoms with Gasteiger partial charge >= 0.3 is 0 Å². The predicted molar refractivity (Wildman–Crippen MR) is 128 cm³/mol. The maximum Gasteiger partial charge on any atom is 0.0716 e. The summed E-state index contributed by atoms with van der Waals surface area (Å²) in [6, 6.07) is 16.7. The Balaban J connectivity index is 1.35. The first kappa shape index (κ1) is 23.5. The van der Waals surface area contributed by atoms with Gasteiger partial charge in [-0.25, -0.2) is 0 Å². The first-order valence-corrected chi connectivity index (χ1v) is 11.6. The molecule has 2 nitrogen and oxygen atoms in total. The lowest BCUT2D eigenvalue weighted by Gasteiger charge is -2.06. The molecule has 0 aliphatic rings. The number of hydrogen-bond acceptors (Lipinski definition) is 3. The molecular formula is C26H34O2S. The zero-order valence-electron chi connectivity index (χ0n) is 17.5. The highest BCUT2D eigenvalue weighted by molar-refractivity contribution is 7.99. The minimum Gasteiger partial charge on any atom is -0.377 e. The van der Waals surface area contributed by atoms with Crippen molar-refractivity contribution in [3.63, 3.8) is 0 Å². The smallest absolute Gasteiger partial charge is 0.0716 e. The Morgan fingerprint density at radius 3 is 1.41 bits per heavy atom. The number of hydrogen-bond donors (Lipinski definition) is 0. The zero-order chi connectivity index (χ0) is 20.6. The number of thioether (sulfide) groups is 1. The Hall–Kier alpha value is -1.81. The van der Waals surface area contributed by atoms with Gasteiger partial charge in [-0.1, -0.05) is 73.8 Å². The molecule has 0 bridgehead atoms. The summed E-state index contributed by atoms with van der Waals surface area (Å²) in [4.78, 5) is 0. The topological polar surface area (TPSA) is 18.5 Å². The molecule has 0 unspecified atom stereocenters. The van der Waals surface area contributed by atoms with E-state index in [0.29, 0.717) is 13.2 Å². The maximum atomic E-state index is 5.76. The van der Waals surface area contributed by atoms with Crippen molar-refractivity contribution in [2.45, 2.75) is 38.9 Å². The lowest BCUT2D eigenvalue weighted by molar-refractivity contribution is 0.118. The van der Waals surface area contributed by atoms with Crippen LogP contribution in [0.15, 0.2) is 61.7 Å². The lowest BCUT2D eigenvalue weighted by Crippen LogP contribution is -1.98. The number of rotatable bonds is 16. The molecular weight excluding hydrogens is 376 g/mol. The van der Waals surface area contributed by atoms with Crippen LogP contribution in [0.25, 0.3) is 12.2 Å². The number of ether oxygens (including phenoxy) is 2. The predicted octanol–water partition coefficient (Wildman–Crippen LogP) is 7.00. The summed E-state index contributed by atoms with van der Waals surface area (Å²) in [6.07, 6.45) is 8.42. The normalized spacial score (nSPS) is 10.8. The van der Waals surface area contributed by atoms with Crippen LogP contribution < -0.4 is 0 Å². The van der Waals surface area contributed by atoms with Crippen molar-refractivity contribution in [1.82, 2.24) is 0 Å². The van der Waals surface area contributed by atoms with Gasteiger partial charge in [0, 0.05) is 13.2 Å². The van der Waals surface area contributed by atoms with Crippen LogP contribution in [-0.4, -0.2) is 24.7 Å². The van der Waals surface area contributed by atoms with Crippen LogP contribution in [0.1, 0.15) is 47.9 Å². The van der Waals surface area contributed by atoms with Crippen LogP contribution in [0.5, 0.6) is 0 Å². The average molecular weight is 411 g/mol. The number of unbranched alkanes of at least 4 members (excludes halogenated alkanes) is 2. The van der Waals surface area contributed by atoms with Gasteiger partial charge in [0.2, 0.25) is 0 Å². The van der Waals surface area contributed by atoms with E-state index in [4.69, 9.17) is 9.47 Å². The van der Waals surface area contributed by atoms with Gasteiger partial charge in [0.1, 0.15) is 0 Å². The van der Waals surface area contributed by atoms with Crippen molar-refractivity contribution in [2.24, 2.45) is 0 Å². The van der Waals surface area contributed by atoms with E-state index in [2.05, 4.69) is 61.7 Å². The van der Waals surface area contributed by atoms with Gasteiger partial charge in [-0.2, -0.15) is 11.8 Å². The molecule has 0 fully saturated rings. The lowest BCUT2D eigenvalue weighted by atomic mass is 10.1. The second-order valence-corrected chi connectivity index (χ2v) is 8.25. The summed E-state index contributed by atoms with van der Waals surface area (Å²) in [5, 5.41) is 0. The Morgan fingerprint density at radius 1 is 0.621 bits per heavy atom. The number of benzene rings is 2. The Kier molecular flexibility index (Phi) is 12.2. The minimum absolute atomic E-state index is 0.697. The monoisotopic (exact) mass is 410 g/mol. The first-order valence-electron chi connectivity index (χ1n) is 10.5. The molecule has 0 amide bonds. The van der Waals surface area contributed by atoms with E-state index in [1.54, 1.807) is 0 Å². The summed E-state index contributed by atoms with van der Waals surface area (Å²) in [7, 11) is 0. The molecule has 0 heterocycles. The molecule has 0 aliphatic carbocycles. The van der Waals surface area contributed by atoms with Crippen molar-refractivity contribution >= 4 is 23.9 Å². The van der Waals surface area contributed by atoms with Crippen molar-refractivity contribution < 1.29 is 9.47 Å². The molecule has 0 saturated carbocycles. The second-order valence-electron chi connectivity index (χ2n) is 7.02. The Morgan fingerprint density at radius 2 is 1.03 bits per heavy atom. The van der Waals surface area contributed by atoms with Crippen molar-refractivity contribution in [3.05, 3.63) is 83.9 Å². The van der Waals surface area contributed by atoms with E-state index in [1.807, 2.05) is 23.9 Å². The van der Waals surface area contributed by atoms with Gasteiger partial charge in [-0.05, 0) is 59.4 Å². The fraction of sp³-hybridized carbons (Fsp3) is 0.385. The van der Waals surface area contributed by atoms with E-state index in [9.17, 15) is 0 Å². The molecule has 2 aromatic rings. The van der Waals surface area contributed by atoms with E-state index < -0.39 is 0 Å². The van der Waals surface area contributed by atoms with Crippen LogP contribution >= 0.6 is 11.8 Å². The van der Waals surface area contributed by atoms with E-state index in [1.165, 1.54) is 35.5 Å². The summed E-state index contributed by atoms with van der Waals surface area (Å²) in [5.41, 5.74) is 4.74. The van der Waals surface area contributed by atoms with Gasteiger partial charge in [0.05, 0.1) is 13.2 Å². The third-order valence-corrected chi connectivity index (χ3v) is 5.78. The molecule has 3 heteroatoms. The summed E-state index contributed by atoms with van der Waals surface area (Å²) in [6.45, 7) is 10.6. The molecule has 156 valence electrons. The SMILES string of the molecule is C=Cc1ccc(COCCCCSCCCCOCc2ccc(C=C)cc2)cc1. The maximum absolute atomic E-state index is 5.76. The standard InChI is InChI=1S/C26H34O2S/c1-3-23-9-13-25(14-10-23)21-27-17-5-7-19-29-20-8-6-18-28-22-26-15-11-24(4-2)12-16-26/h3-4,9-16H,1-2,5-8,17-22H2. The average Bonchev–Trinajstić information content (AvgIpc) is 2.77. The van der Waals surface area contributed by atoms with Crippen LogP contribution in [0.2, 0.25) is 0 Å². The van der Waals surface area contributed by atoms with Crippen LogP contribution in [-0.2, 0) is 22.7 Å². The molecule has 29 heavy (non-hydrogen) atoms. The fourth-order valence-corrected chi connectivity index (χ4v) is 3.82. The molecule has 0 aliphatic heterocycles. The van der Waals surface area contributed by atoms with Crippen molar-refractivity contribution in [2.75, 3.05) is 24.7 Å². The highest BCUT2D eigenvalue weighted by Gasteiger charge is 1.97. The molecule has 2 aromatic carbocycles. The van der Waals surface area contributed by atoms with E-state index in [0.717, 1.165) is 37.2 Å². The Labute approximate surface area is 181 Å². The summed E-state index contributed by atoms with van der Waals surface area (Å²) < 4.78 is 11.5. The van der Waals surface area contributed by atoms with Crippen LogP contribution in [0.3, 0.4) is 0 Å². The highest BCUT2D eigenvalue weighted by atomic mass is 32.2. The third-order valence-electron chi connectivity index (χ3n) is 4.62. The Bertz CT molecular complexity index is 630. The fourth-order valence-electron chi connectivity index (χ4n) is 2.80. The van der Waals surface area contributed by atoms with Crippen molar-refractivity contribution in [1.29, 1.82) is 0 Å². The molecule has 0 saturated heterocycles. The van der Waals surface area contributed by atoms with Crippen LogP contribution in [0.4, 0.5) is 0 Å². The summed E-state index contributed by atoms with van der Waals surface area (Å²) in [5.74, 6) is 2.43. The molecule has 0 atom stereocenters. The van der Waals surface area contributed by atoms with Gasteiger partial charge in [0.25, 0.3) is 0 Å². The molecule has 2 rings (SSSR count). The van der Waals surface area contributed by atoms with Gasteiger partial charge in [-0.3, -0.25) is 0 Å². The summed E-state index contributed by atoms with van der Waals surface area (Å²) >= 11 is 2.04. The first-order chi connectivity index (χ1) is 14.3. The molecule has 0 radical (unpaired) electrons. The zero-order valence-corrected chi connectivity index (χ0v) is 18.3. The van der Waals surface area contributed by atoms with Gasteiger partial charge in [-0.15, -0.1) is 0 Å². The van der Waals surface area contributed by atoms with Crippen molar-refractivity contribution in [3.8, 4) is 0 Å². The van der Waals surface area contributed by atoms with E-state index >= 15 is 0 Å². The van der Waals surface area contributed by atoms with E-state index in [-0.39, 0.29) is 0 Å². The van der Waals surface area contributed by atoms with Gasteiger partial charge < -0.3 is 9.47 Å². The molecule has 0 aromatic heterocycles. The minimum atomic E-state index is 0.697. The molecule has 0 N–H and O–H groups in total. The van der Waals surface area contributed by atoms with Gasteiger partial charge in [0.15, 0.2) is 0 Å². The highest BCUT2D eigenvalue weighted by Crippen LogP contribution is 2.11. The second kappa shape index (κ2) is 15.1.